The second kappa shape index (κ2) is 13.1. The zero-order chi connectivity index (χ0) is 22.5. The van der Waals surface area contributed by atoms with Crippen LogP contribution < -0.4 is 10.1 Å². The van der Waals surface area contributed by atoms with Crippen LogP contribution >= 0.6 is 0 Å². The fraction of sp³-hybridized carbons (Fsp3) is 0.571. The van der Waals surface area contributed by atoms with Crippen LogP contribution in [0, 0.1) is 0 Å². The van der Waals surface area contributed by atoms with Gasteiger partial charge in [0.05, 0.1) is 5.75 Å². The first-order valence-corrected chi connectivity index (χ1v) is 12.2. The molecule has 1 aromatic rings. The molecule has 0 saturated carbocycles. The van der Waals surface area contributed by atoms with Crippen molar-refractivity contribution in [3.05, 3.63) is 36.0 Å². The molecule has 0 bridgehead atoms. The van der Waals surface area contributed by atoms with Crippen molar-refractivity contribution < 1.29 is 27.5 Å². The fourth-order valence-corrected chi connectivity index (χ4v) is 4.08. The van der Waals surface area contributed by atoms with Crippen molar-refractivity contribution in [3.8, 4) is 5.88 Å². The number of aromatic nitrogens is 1. The number of piperidine rings is 1. The number of nitrogens with one attached hydrogen (secondary N) is 1. The molecule has 0 unspecified atom stereocenters. The summed E-state index contributed by atoms with van der Waals surface area (Å²) < 4.78 is 33.7. The molecule has 0 atom stereocenters. The number of nitrogens with zero attached hydrogens (tertiary/aromatic N) is 2. The second-order valence-electron chi connectivity index (χ2n) is 7.36. The maximum absolute atomic E-state index is 11.8. The number of esters is 1. The Bertz CT molecular complexity index is 850. The minimum absolute atomic E-state index is 0.185. The van der Waals surface area contributed by atoms with Crippen LogP contribution in [-0.4, -0.2) is 74.5 Å². The van der Waals surface area contributed by atoms with Crippen molar-refractivity contribution in [3.63, 3.8) is 0 Å². The zero-order valence-electron chi connectivity index (χ0n) is 17.9. The summed E-state index contributed by atoms with van der Waals surface area (Å²) in [5.74, 6) is -1.65. The molecule has 31 heavy (non-hydrogen) atoms. The van der Waals surface area contributed by atoms with Crippen LogP contribution in [-0.2, 0) is 30.7 Å². The van der Waals surface area contributed by atoms with E-state index >= 15 is 0 Å². The molecule has 0 radical (unpaired) electrons. The van der Waals surface area contributed by atoms with E-state index in [-0.39, 0.29) is 25.5 Å². The van der Waals surface area contributed by atoms with E-state index in [0.717, 1.165) is 25.2 Å². The Labute approximate surface area is 183 Å². The first kappa shape index (κ1) is 24.8. The number of likely N-dealkylation sites (tertiary alicyclic amines) is 1. The fourth-order valence-electron chi connectivity index (χ4n) is 3.10. The van der Waals surface area contributed by atoms with Gasteiger partial charge in [0.25, 0.3) is 0 Å². The number of carbonyl (C=O) groups is 2. The van der Waals surface area contributed by atoms with Gasteiger partial charge in [0.1, 0.15) is 19.0 Å². The topological polar surface area (TPSA) is 115 Å². The van der Waals surface area contributed by atoms with Crippen LogP contribution in [0.2, 0.25) is 0 Å². The summed E-state index contributed by atoms with van der Waals surface area (Å²) >= 11 is 0. The highest BCUT2D eigenvalue weighted by Crippen LogP contribution is 2.15. The molecule has 2 heterocycles. The van der Waals surface area contributed by atoms with Gasteiger partial charge in [-0.2, -0.15) is 0 Å². The zero-order valence-corrected chi connectivity index (χ0v) is 18.7. The van der Waals surface area contributed by atoms with E-state index in [4.69, 9.17) is 4.74 Å². The summed E-state index contributed by atoms with van der Waals surface area (Å²) in [5, 5.41) is 2.50. The van der Waals surface area contributed by atoms with Crippen LogP contribution in [0.25, 0.3) is 0 Å². The summed E-state index contributed by atoms with van der Waals surface area (Å²) in [6, 6.07) is 3.93. The molecule has 0 aliphatic carbocycles. The molecule has 1 saturated heterocycles. The van der Waals surface area contributed by atoms with Crippen molar-refractivity contribution in [2.24, 2.45) is 0 Å². The molecule has 172 valence electrons. The molecule has 1 fully saturated rings. The summed E-state index contributed by atoms with van der Waals surface area (Å²) in [5.41, 5.74) is 1.16. The summed E-state index contributed by atoms with van der Waals surface area (Å²) in [6.45, 7) is 4.56. The number of hydrogen-bond donors (Lipinski definition) is 1. The van der Waals surface area contributed by atoms with Gasteiger partial charge in [-0.05, 0) is 43.6 Å². The molecule has 0 aromatic carbocycles. The van der Waals surface area contributed by atoms with Crippen molar-refractivity contribution in [1.82, 2.24) is 15.2 Å². The lowest BCUT2D eigenvalue weighted by molar-refractivity contribution is -0.140. The molecule has 1 aliphatic heterocycles. The number of hydrogen-bond acceptors (Lipinski definition) is 8. The van der Waals surface area contributed by atoms with Gasteiger partial charge in [0.2, 0.25) is 11.8 Å². The van der Waals surface area contributed by atoms with Crippen molar-refractivity contribution in [2.45, 2.75) is 32.7 Å². The predicted molar refractivity (Wildman–Crippen MR) is 116 cm³/mol. The maximum atomic E-state index is 11.8. The maximum Gasteiger partial charge on any atom is 0.302 e. The van der Waals surface area contributed by atoms with Gasteiger partial charge in [-0.15, -0.1) is 0 Å². The molecule has 9 nitrogen and oxygen atoms in total. The number of ether oxygens (including phenoxy) is 2. The third-order valence-electron chi connectivity index (χ3n) is 4.62. The number of pyridine rings is 1. The normalized spacial score (nSPS) is 15.0. The van der Waals surface area contributed by atoms with Crippen molar-refractivity contribution in [2.75, 3.05) is 44.4 Å². The van der Waals surface area contributed by atoms with Gasteiger partial charge in [-0.1, -0.05) is 12.5 Å². The lowest BCUT2D eigenvalue weighted by atomic mass is 10.1. The number of rotatable bonds is 12. The summed E-state index contributed by atoms with van der Waals surface area (Å²) in [6.07, 6.45) is 8.95. The Morgan fingerprint density at radius 1 is 1.23 bits per heavy atom. The lowest BCUT2D eigenvalue weighted by Crippen LogP contribution is -2.32. The highest BCUT2D eigenvalue weighted by Gasteiger charge is 2.16. The van der Waals surface area contributed by atoms with E-state index < -0.39 is 27.5 Å². The number of sulfone groups is 1. The molecule has 1 N–H and O–H groups in total. The monoisotopic (exact) mass is 453 g/mol. The van der Waals surface area contributed by atoms with E-state index in [0.29, 0.717) is 5.88 Å². The summed E-state index contributed by atoms with van der Waals surface area (Å²) in [4.78, 5) is 29.0. The Morgan fingerprint density at radius 2 is 2.00 bits per heavy atom. The quantitative estimate of drug-likeness (QED) is 0.370. The van der Waals surface area contributed by atoms with Crippen LogP contribution in [0.5, 0.6) is 5.88 Å². The van der Waals surface area contributed by atoms with E-state index in [1.54, 1.807) is 18.3 Å². The standard InChI is InChI=1S/C21H31N3O6S/c1-18(25)29-13-14-31(27,28)17-20(26)22-8-3-6-12-30-21-15-19(7-9-23-21)16-24-10-4-2-5-11-24/h3,6-7,9,15H,2,4-5,8,10-14,16-17H2,1H3,(H,22,26). The van der Waals surface area contributed by atoms with Gasteiger partial charge < -0.3 is 14.8 Å². The molecular formula is C21H31N3O6S. The molecule has 1 aliphatic rings. The highest BCUT2D eigenvalue weighted by molar-refractivity contribution is 7.92. The Morgan fingerprint density at radius 3 is 2.74 bits per heavy atom. The molecule has 10 heteroatoms. The van der Waals surface area contributed by atoms with E-state index in [1.807, 2.05) is 12.1 Å². The highest BCUT2D eigenvalue weighted by atomic mass is 32.2. The third-order valence-corrected chi connectivity index (χ3v) is 6.11. The van der Waals surface area contributed by atoms with Crippen LogP contribution in [0.4, 0.5) is 0 Å². The van der Waals surface area contributed by atoms with E-state index in [2.05, 4.69) is 19.9 Å². The van der Waals surface area contributed by atoms with Crippen LogP contribution in [0.3, 0.4) is 0 Å². The van der Waals surface area contributed by atoms with Crippen LogP contribution in [0.1, 0.15) is 31.7 Å². The van der Waals surface area contributed by atoms with Crippen molar-refractivity contribution >= 4 is 21.7 Å². The Kier molecular flexibility index (Phi) is 10.5. The van der Waals surface area contributed by atoms with E-state index in [1.165, 1.54) is 26.2 Å². The van der Waals surface area contributed by atoms with E-state index in [9.17, 15) is 18.0 Å². The average molecular weight is 454 g/mol. The molecule has 0 spiro atoms. The first-order valence-electron chi connectivity index (χ1n) is 10.4. The van der Waals surface area contributed by atoms with Gasteiger partial charge in [0.15, 0.2) is 9.84 Å². The van der Waals surface area contributed by atoms with Gasteiger partial charge in [-0.25, -0.2) is 13.4 Å². The molecular weight excluding hydrogens is 422 g/mol. The SMILES string of the molecule is CC(=O)OCCS(=O)(=O)CC(=O)NCC=CCOc1cc(CN2CCCCC2)ccn1. The minimum atomic E-state index is -3.62. The van der Waals surface area contributed by atoms with Gasteiger partial charge in [-0.3, -0.25) is 14.5 Å². The van der Waals surface area contributed by atoms with Crippen molar-refractivity contribution in [1.29, 1.82) is 0 Å². The minimum Gasteiger partial charge on any atom is -0.473 e. The number of amides is 1. The molecule has 1 aromatic heterocycles. The first-order chi connectivity index (χ1) is 14.8. The Hall–Kier alpha value is -2.46. The molecule has 2 rings (SSSR count). The largest absolute Gasteiger partial charge is 0.473 e. The Balaban J connectivity index is 1.64. The van der Waals surface area contributed by atoms with Gasteiger partial charge >= 0.3 is 5.97 Å². The average Bonchev–Trinajstić information content (AvgIpc) is 2.71. The second-order valence-corrected chi connectivity index (χ2v) is 9.54. The molecule has 1 amide bonds. The van der Waals surface area contributed by atoms with Gasteiger partial charge in [0, 0.05) is 32.3 Å². The third kappa shape index (κ3) is 10.9. The number of carbonyl (C=O) groups excluding carboxylic acids is 2. The summed E-state index contributed by atoms with van der Waals surface area (Å²) in [7, 11) is -3.62. The smallest absolute Gasteiger partial charge is 0.302 e. The lowest BCUT2D eigenvalue weighted by Gasteiger charge is -2.26. The van der Waals surface area contributed by atoms with Crippen LogP contribution in [0.15, 0.2) is 30.5 Å². The predicted octanol–water partition coefficient (Wildman–Crippen LogP) is 1.10.